The lowest BCUT2D eigenvalue weighted by Crippen LogP contribution is -2.29. The molecule has 0 fully saturated rings. The number of hydrogen-bond acceptors (Lipinski definition) is 1. The molecule has 19 heavy (non-hydrogen) atoms. The molecule has 2 atom stereocenters. The Morgan fingerprint density at radius 1 is 0.789 bits per heavy atom. The summed E-state index contributed by atoms with van der Waals surface area (Å²) in [6.45, 7) is 11.1. The number of hydrogen-bond donors (Lipinski definition) is 1. The summed E-state index contributed by atoms with van der Waals surface area (Å²) in [5.74, 6) is 1.31. The minimum atomic E-state index is -0.461. The van der Waals surface area contributed by atoms with Crippen molar-refractivity contribution >= 4 is 0 Å². The van der Waals surface area contributed by atoms with Gasteiger partial charge in [0.1, 0.15) is 0 Å². The first-order chi connectivity index (χ1) is 8.91. The summed E-state index contributed by atoms with van der Waals surface area (Å²) in [5.41, 5.74) is -0.461. The van der Waals surface area contributed by atoms with Gasteiger partial charge in [0.15, 0.2) is 0 Å². The van der Waals surface area contributed by atoms with Gasteiger partial charge in [0.05, 0.1) is 5.60 Å². The molecule has 0 heterocycles. The molecule has 0 aliphatic carbocycles. The topological polar surface area (TPSA) is 20.2 Å². The zero-order valence-electron chi connectivity index (χ0n) is 14.2. The lowest BCUT2D eigenvalue weighted by Gasteiger charge is -2.29. The summed E-state index contributed by atoms with van der Waals surface area (Å²) in [7, 11) is 0. The van der Waals surface area contributed by atoms with E-state index in [0.717, 1.165) is 12.8 Å². The highest BCUT2D eigenvalue weighted by Gasteiger charge is 2.25. The van der Waals surface area contributed by atoms with Crippen LogP contribution in [0.2, 0.25) is 0 Å². The second-order valence-electron chi connectivity index (χ2n) is 7.11. The van der Waals surface area contributed by atoms with Crippen molar-refractivity contribution in [3.63, 3.8) is 0 Å². The van der Waals surface area contributed by atoms with Crippen LogP contribution in [0.4, 0.5) is 0 Å². The zero-order chi connectivity index (χ0) is 14.7. The fraction of sp³-hybridized carbons (Fsp3) is 1.00. The van der Waals surface area contributed by atoms with E-state index in [2.05, 4.69) is 27.7 Å². The van der Waals surface area contributed by atoms with Crippen LogP contribution in [0.1, 0.15) is 98.8 Å². The van der Waals surface area contributed by atoms with Gasteiger partial charge < -0.3 is 5.11 Å². The van der Waals surface area contributed by atoms with Crippen LogP contribution < -0.4 is 0 Å². The third-order valence-electron chi connectivity index (χ3n) is 4.18. The van der Waals surface area contributed by atoms with Crippen LogP contribution >= 0.6 is 0 Å². The molecule has 0 amide bonds. The van der Waals surface area contributed by atoms with Crippen LogP contribution in [-0.4, -0.2) is 10.7 Å². The second-order valence-corrected chi connectivity index (χ2v) is 7.11. The van der Waals surface area contributed by atoms with Crippen LogP contribution in [0.25, 0.3) is 0 Å². The molecule has 1 nitrogen and oxygen atoms in total. The Bertz CT molecular complexity index is 178. The molecule has 0 saturated carbocycles. The van der Waals surface area contributed by atoms with Gasteiger partial charge in [-0.25, -0.2) is 0 Å². The molecule has 0 bridgehead atoms. The highest BCUT2D eigenvalue weighted by Crippen LogP contribution is 2.28. The largest absolute Gasteiger partial charge is 0.390 e. The molecule has 116 valence electrons. The van der Waals surface area contributed by atoms with E-state index in [1.54, 1.807) is 0 Å². The quantitative estimate of drug-likeness (QED) is 0.434. The van der Waals surface area contributed by atoms with Crippen molar-refractivity contribution in [3.8, 4) is 0 Å². The van der Waals surface area contributed by atoms with E-state index in [4.69, 9.17) is 0 Å². The molecule has 2 unspecified atom stereocenters. The normalized spacial score (nSPS) is 18.0. The Hall–Kier alpha value is -0.0400. The van der Waals surface area contributed by atoms with Gasteiger partial charge in [-0.1, -0.05) is 79.1 Å². The first kappa shape index (κ1) is 19.0. The zero-order valence-corrected chi connectivity index (χ0v) is 14.2. The van der Waals surface area contributed by atoms with Gasteiger partial charge in [0.25, 0.3) is 0 Å². The summed E-state index contributed by atoms with van der Waals surface area (Å²) in [6, 6.07) is 0. The summed E-state index contributed by atoms with van der Waals surface area (Å²) in [4.78, 5) is 0. The van der Waals surface area contributed by atoms with Gasteiger partial charge >= 0.3 is 0 Å². The van der Waals surface area contributed by atoms with Crippen molar-refractivity contribution in [1.82, 2.24) is 0 Å². The molecule has 1 heteroatoms. The van der Waals surface area contributed by atoms with Crippen molar-refractivity contribution in [1.29, 1.82) is 0 Å². The number of aliphatic hydroxyl groups is 1. The maximum absolute atomic E-state index is 10.6. The average Bonchev–Trinajstić information content (AvgIpc) is 2.28. The molecule has 0 rings (SSSR count). The van der Waals surface area contributed by atoms with E-state index < -0.39 is 5.60 Å². The van der Waals surface area contributed by atoms with Gasteiger partial charge in [0, 0.05) is 0 Å². The number of unbranched alkanes of at least 4 members (excludes halogenated alkanes) is 4. The second kappa shape index (κ2) is 10.7. The van der Waals surface area contributed by atoms with Crippen LogP contribution in [0.5, 0.6) is 0 Å². The highest BCUT2D eigenvalue weighted by atomic mass is 16.3. The molecule has 0 aromatic heterocycles. The molecule has 0 saturated heterocycles. The predicted octanol–water partition coefficient (Wildman–Crippen LogP) is 5.95. The summed E-state index contributed by atoms with van der Waals surface area (Å²) in [5, 5.41) is 10.6. The van der Waals surface area contributed by atoms with Crippen molar-refractivity contribution in [2.24, 2.45) is 11.8 Å². The van der Waals surface area contributed by atoms with Crippen molar-refractivity contribution in [3.05, 3.63) is 0 Å². The Morgan fingerprint density at radius 3 is 1.47 bits per heavy atom. The van der Waals surface area contributed by atoms with Crippen molar-refractivity contribution in [2.75, 3.05) is 0 Å². The fourth-order valence-electron chi connectivity index (χ4n) is 3.27. The minimum absolute atomic E-state index is 0.461. The molecule has 0 aromatic rings. The van der Waals surface area contributed by atoms with Gasteiger partial charge in [-0.05, 0) is 31.6 Å². The van der Waals surface area contributed by atoms with Crippen LogP contribution in [0, 0.1) is 11.8 Å². The molecule has 0 spiro atoms. The minimum Gasteiger partial charge on any atom is -0.390 e. The highest BCUT2D eigenvalue weighted by molar-refractivity contribution is 4.78. The Labute approximate surface area is 122 Å². The van der Waals surface area contributed by atoms with E-state index in [9.17, 15) is 5.11 Å². The standard InChI is InChI=1S/C18H38O/c1-6-8-10-12-16(3)14-18(5,19)15-17(4)13-11-9-7-2/h16-17,19H,6-15H2,1-5H3. The molecule has 0 aromatic carbocycles. The summed E-state index contributed by atoms with van der Waals surface area (Å²) >= 11 is 0. The molecule has 0 aliphatic heterocycles. The van der Waals surface area contributed by atoms with E-state index in [1.807, 2.05) is 6.92 Å². The van der Waals surface area contributed by atoms with E-state index in [1.165, 1.54) is 51.4 Å². The summed E-state index contributed by atoms with van der Waals surface area (Å²) in [6.07, 6.45) is 12.4. The third kappa shape index (κ3) is 11.5. The fourth-order valence-corrected chi connectivity index (χ4v) is 3.27. The lowest BCUT2D eigenvalue weighted by atomic mass is 9.82. The van der Waals surface area contributed by atoms with Gasteiger partial charge in [-0.3, -0.25) is 0 Å². The van der Waals surface area contributed by atoms with E-state index in [0.29, 0.717) is 11.8 Å². The van der Waals surface area contributed by atoms with E-state index >= 15 is 0 Å². The van der Waals surface area contributed by atoms with Crippen LogP contribution in [0.3, 0.4) is 0 Å². The molecular weight excluding hydrogens is 232 g/mol. The van der Waals surface area contributed by atoms with Crippen LogP contribution in [0.15, 0.2) is 0 Å². The van der Waals surface area contributed by atoms with Crippen molar-refractivity contribution in [2.45, 2.75) is 104 Å². The van der Waals surface area contributed by atoms with Gasteiger partial charge in [-0.15, -0.1) is 0 Å². The third-order valence-corrected chi connectivity index (χ3v) is 4.18. The lowest BCUT2D eigenvalue weighted by molar-refractivity contribution is 0.0118. The maximum atomic E-state index is 10.6. The van der Waals surface area contributed by atoms with E-state index in [-0.39, 0.29) is 0 Å². The number of rotatable bonds is 12. The monoisotopic (exact) mass is 270 g/mol. The smallest absolute Gasteiger partial charge is 0.0624 e. The maximum Gasteiger partial charge on any atom is 0.0624 e. The first-order valence-corrected chi connectivity index (χ1v) is 8.63. The Morgan fingerprint density at radius 2 is 1.16 bits per heavy atom. The Balaban J connectivity index is 3.87. The van der Waals surface area contributed by atoms with Crippen LogP contribution in [-0.2, 0) is 0 Å². The predicted molar refractivity (Wildman–Crippen MR) is 86.5 cm³/mol. The van der Waals surface area contributed by atoms with Crippen molar-refractivity contribution < 1.29 is 5.11 Å². The van der Waals surface area contributed by atoms with Gasteiger partial charge in [0.2, 0.25) is 0 Å². The molecule has 0 radical (unpaired) electrons. The first-order valence-electron chi connectivity index (χ1n) is 8.63. The molecule has 1 N–H and O–H groups in total. The molecule has 0 aliphatic rings. The SMILES string of the molecule is CCCCCC(C)CC(C)(O)CC(C)CCCCC. The van der Waals surface area contributed by atoms with Gasteiger partial charge in [-0.2, -0.15) is 0 Å². The average molecular weight is 271 g/mol. The Kier molecular flexibility index (Phi) is 10.7. The molecular formula is C18H38O. The summed E-state index contributed by atoms with van der Waals surface area (Å²) < 4.78 is 0.